The standard InChI is InChI=1S/C15H14BrN3O/c1-3-19-10-12(16)8-14(19)15(20)18(2)13-6-4-5-11(7-13)9-17/h4-8,10H,3H2,1-2H3. The number of hydrogen-bond acceptors (Lipinski definition) is 2. The van der Waals surface area contributed by atoms with Gasteiger partial charge in [0.15, 0.2) is 0 Å². The van der Waals surface area contributed by atoms with E-state index in [1.807, 2.05) is 23.8 Å². The summed E-state index contributed by atoms with van der Waals surface area (Å²) >= 11 is 3.39. The van der Waals surface area contributed by atoms with Gasteiger partial charge in [-0.25, -0.2) is 0 Å². The van der Waals surface area contributed by atoms with Crippen LogP contribution in [0, 0.1) is 11.3 Å². The first-order valence-electron chi connectivity index (χ1n) is 6.20. The van der Waals surface area contributed by atoms with Crippen LogP contribution in [0.1, 0.15) is 23.0 Å². The van der Waals surface area contributed by atoms with E-state index in [0.29, 0.717) is 16.9 Å². The summed E-state index contributed by atoms with van der Waals surface area (Å²) in [4.78, 5) is 14.1. The number of rotatable bonds is 3. The normalized spacial score (nSPS) is 10.1. The van der Waals surface area contributed by atoms with E-state index in [-0.39, 0.29) is 5.91 Å². The van der Waals surface area contributed by atoms with Gasteiger partial charge in [-0.1, -0.05) is 6.07 Å². The largest absolute Gasteiger partial charge is 0.343 e. The highest BCUT2D eigenvalue weighted by Crippen LogP contribution is 2.20. The number of carbonyl (C=O) groups is 1. The average molecular weight is 332 g/mol. The first kappa shape index (κ1) is 14.4. The van der Waals surface area contributed by atoms with Gasteiger partial charge in [-0.15, -0.1) is 0 Å². The molecule has 0 radical (unpaired) electrons. The molecule has 0 atom stereocenters. The maximum absolute atomic E-state index is 12.5. The summed E-state index contributed by atoms with van der Waals surface area (Å²) in [6.07, 6.45) is 1.88. The summed E-state index contributed by atoms with van der Waals surface area (Å²) in [5.41, 5.74) is 1.85. The van der Waals surface area contributed by atoms with Crippen molar-refractivity contribution >= 4 is 27.5 Å². The highest BCUT2D eigenvalue weighted by atomic mass is 79.9. The van der Waals surface area contributed by atoms with E-state index >= 15 is 0 Å². The highest BCUT2D eigenvalue weighted by Gasteiger charge is 2.18. The summed E-state index contributed by atoms with van der Waals surface area (Å²) in [5.74, 6) is -0.104. The van der Waals surface area contributed by atoms with Gasteiger partial charge in [0.25, 0.3) is 5.91 Å². The van der Waals surface area contributed by atoms with Crippen LogP contribution in [0.25, 0.3) is 0 Å². The zero-order chi connectivity index (χ0) is 14.7. The number of aryl methyl sites for hydroxylation is 1. The molecule has 0 aliphatic carbocycles. The van der Waals surface area contributed by atoms with Gasteiger partial charge in [-0.2, -0.15) is 5.26 Å². The van der Waals surface area contributed by atoms with E-state index in [1.165, 1.54) is 0 Å². The lowest BCUT2D eigenvalue weighted by Gasteiger charge is -2.18. The third kappa shape index (κ3) is 2.75. The first-order chi connectivity index (χ1) is 9.56. The molecular formula is C15H14BrN3O. The topological polar surface area (TPSA) is 49.0 Å². The van der Waals surface area contributed by atoms with Crippen LogP contribution in [0.15, 0.2) is 41.0 Å². The molecule has 0 aliphatic heterocycles. The molecule has 0 aliphatic rings. The van der Waals surface area contributed by atoms with Crippen LogP contribution in [0.3, 0.4) is 0 Å². The Labute approximate surface area is 126 Å². The van der Waals surface area contributed by atoms with E-state index in [2.05, 4.69) is 22.0 Å². The maximum atomic E-state index is 12.5. The quantitative estimate of drug-likeness (QED) is 0.865. The average Bonchev–Trinajstić information content (AvgIpc) is 2.86. The fourth-order valence-corrected chi connectivity index (χ4v) is 2.45. The van der Waals surface area contributed by atoms with Gasteiger partial charge in [0.2, 0.25) is 0 Å². The molecule has 0 saturated heterocycles. The van der Waals surface area contributed by atoms with E-state index in [4.69, 9.17) is 5.26 Å². The van der Waals surface area contributed by atoms with Crippen molar-refractivity contribution in [2.24, 2.45) is 0 Å². The predicted octanol–water partition coefficient (Wildman–Crippen LogP) is 3.42. The minimum absolute atomic E-state index is 0.104. The van der Waals surface area contributed by atoms with Crippen LogP contribution < -0.4 is 4.90 Å². The highest BCUT2D eigenvalue weighted by molar-refractivity contribution is 9.10. The zero-order valence-corrected chi connectivity index (χ0v) is 12.9. The van der Waals surface area contributed by atoms with E-state index < -0.39 is 0 Å². The summed E-state index contributed by atoms with van der Waals surface area (Å²) in [7, 11) is 1.71. The number of benzene rings is 1. The lowest BCUT2D eigenvalue weighted by Crippen LogP contribution is -2.28. The summed E-state index contributed by atoms with van der Waals surface area (Å²) in [6.45, 7) is 2.71. The van der Waals surface area contributed by atoms with E-state index in [0.717, 1.165) is 11.0 Å². The lowest BCUT2D eigenvalue weighted by atomic mass is 10.2. The first-order valence-corrected chi connectivity index (χ1v) is 7.00. The van der Waals surface area contributed by atoms with Gasteiger partial charge in [0, 0.05) is 29.9 Å². The molecule has 1 aromatic heterocycles. The Balaban J connectivity index is 2.34. The lowest BCUT2D eigenvalue weighted by molar-refractivity contribution is 0.0984. The Morgan fingerprint density at radius 2 is 2.20 bits per heavy atom. The van der Waals surface area contributed by atoms with Gasteiger partial charge < -0.3 is 9.47 Å². The van der Waals surface area contributed by atoms with Gasteiger partial charge in [0.05, 0.1) is 11.6 Å². The number of halogens is 1. The summed E-state index contributed by atoms with van der Waals surface area (Å²) in [5, 5.41) is 8.92. The maximum Gasteiger partial charge on any atom is 0.274 e. The molecule has 0 bridgehead atoms. The van der Waals surface area contributed by atoms with E-state index in [9.17, 15) is 4.79 Å². The monoisotopic (exact) mass is 331 g/mol. The van der Waals surface area contributed by atoms with Crippen molar-refractivity contribution in [2.45, 2.75) is 13.5 Å². The molecule has 0 unspecified atom stereocenters. The molecule has 5 heteroatoms. The number of nitriles is 1. The van der Waals surface area contributed by atoms with Crippen molar-refractivity contribution in [1.82, 2.24) is 4.57 Å². The van der Waals surface area contributed by atoms with Crippen molar-refractivity contribution in [3.63, 3.8) is 0 Å². The van der Waals surface area contributed by atoms with Gasteiger partial charge in [-0.3, -0.25) is 4.79 Å². The van der Waals surface area contributed by atoms with Crippen LogP contribution >= 0.6 is 15.9 Å². The third-order valence-electron chi connectivity index (χ3n) is 3.09. The van der Waals surface area contributed by atoms with Crippen LogP contribution in [0.4, 0.5) is 5.69 Å². The molecule has 2 aromatic rings. The minimum Gasteiger partial charge on any atom is -0.343 e. The molecule has 1 amide bonds. The molecule has 4 nitrogen and oxygen atoms in total. The second-order valence-corrected chi connectivity index (χ2v) is 5.27. The molecule has 102 valence electrons. The number of anilines is 1. The number of aromatic nitrogens is 1. The summed E-state index contributed by atoms with van der Waals surface area (Å²) in [6, 6.07) is 10.9. The Morgan fingerprint density at radius 3 is 2.85 bits per heavy atom. The number of amides is 1. The summed E-state index contributed by atoms with van der Waals surface area (Å²) < 4.78 is 2.76. The molecule has 0 saturated carbocycles. The van der Waals surface area contributed by atoms with Crippen molar-refractivity contribution in [1.29, 1.82) is 5.26 Å². The van der Waals surface area contributed by atoms with E-state index in [1.54, 1.807) is 36.2 Å². The Bertz CT molecular complexity index is 685. The second-order valence-electron chi connectivity index (χ2n) is 4.36. The molecular weight excluding hydrogens is 318 g/mol. The number of nitrogens with zero attached hydrogens (tertiary/aromatic N) is 3. The molecule has 1 heterocycles. The van der Waals surface area contributed by atoms with Crippen LogP contribution in [-0.4, -0.2) is 17.5 Å². The van der Waals surface area contributed by atoms with Crippen molar-refractivity contribution in [3.05, 3.63) is 52.3 Å². The minimum atomic E-state index is -0.104. The fraction of sp³-hybridized carbons (Fsp3) is 0.200. The van der Waals surface area contributed by atoms with Crippen molar-refractivity contribution in [2.75, 3.05) is 11.9 Å². The van der Waals surface area contributed by atoms with Gasteiger partial charge in [-0.05, 0) is 47.1 Å². The third-order valence-corrected chi connectivity index (χ3v) is 3.52. The molecule has 0 fully saturated rings. The fourth-order valence-electron chi connectivity index (χ4n) is 1.99. The van der Waals surface area contributed by atoms with Crippen molar-refractivity contribution < 1.29 is 4.79 Å². The zero-order valence-electron chi connectivity index (χ0n) is 11.3. The molecule has 2 rings (SSSR count). The predicted molar refractivity (Wildman–Crippen MR) is 81.7 cm³/mol. The smallest absolute Gasteiger partial charge is 0.274 e. The van der Waals surface area contributed by atoms with Gasteiger partial charge in [0.1, 0.15) is 5.69 Å². The Kier molecular flexibility index (Phi) is 4.26. The molecule has 0 N–H and O–H groups in total. The SMILES string of the molecule is CCn1cc(Br)cc1C(=O)N(C)c1cccc(C#N)c1. The molecule has 1 aromatic carbocycles. The Hall–Kier alpha value is -2.06. The molecule has 0 spiro atoms. The van der Waals surface area contributed by atoms with Crippen LogP contribution in [0.5, 0.6) is 0 Å². The number of hydrogen-bond donors (Lipinski definition) is 0. The molecule has 20 heavy (non-hydrogen) atoms. The van der Waals surface area contributed by atoms with Gasteiger partial charge >= 0.3 is 0 Å². The van der Waals surface area contributed by atoms with Crippen molar-refractivity contribution in [3.8, 4) is 6.07 Å². The second kappa shape index (κ2) is 5.93. The van der Waals surface area contributed by atoms with Crippen LogP contribution in [-0.2, 0) is 6.54 Å². The van der Waals surface area contributed by atoms with Crippen LogP contribution in [0.2, 0.25) is 0 Å². The number of carbonyl (C=O) groups excluding carboxylic acids is 1. The Morgan fingerprint density at radius 1 is 1.45 bits per heavy atom.